The molecule has 0 aromatic heterocycles. The molecule has 1 N–H and O–H groups in total. The lowest BCUT2D eigenvalue weighted by molar-refractivity contribution is -0.119. The summed E-state index contributed by atoms with van der Waals surface area (Å²) in [5, 5.41) is 3.31. The molecule has 2 aromatic carbocycles. The molecule has 132 valence electrons. The molecule has 2 aromatic rings. The molecule has 0 unspecified atom stereocenters. The summed E-state index contributed by atoms with van der Waals surface area (Å²) in [4.78, 5) is 12.8. The predicted octanol–water partition coefficient (Wildman–Crippen LogP) is 3.74. The Morgan fingerprint density at radius 2 is 1.84 bits per heavy atom. The van der Waals surface area contributed by atoms with Gasteiger partial charge in [-0.25, -0.2) is 8.42 Å². The summed E-state index contributed by atoms with van der Waals surface area (Å²) in [6, 6.07) is 12.7. The van der Waals surface area contributed by atoms with E-state index in [9.17, 15) is 13.2 Å². The molecule has 0 bridgehead atoms. The van der Waals surface area contributed by atoms with Crippen molar-refractivity contribution in [1.82, 2.24) is 4.31 Å². The molecule has 8 heteroatoms. The van der Waals surface area contributed by atoms with Crippen LogP contribution in [0.4, 0.5) is 5.69 Å². The van der Waals surface area contributed by atoms with Gasteiger partial charge < -0.3 is 5.32 Å². The van der Waals surface area contributed by atoms with Gasteiger partial charge in [0.25, 0.3) is 0 Å². The highest BCUT2D eigenvalue weighted by Gasteiger charge is 2.39. The molecule has 1 saturated heterocycles. The highest BCUT2D eigenvalue weighted by molar-refractivity contribution is 14.1. The molecule has 25 heavy (non-hydrogen) atoms. The van der Waals surface area contributed by atoms with Gasteiger partial charge in [0.2, 0.25) is 15.9 Å². The van der Waals surface area contributed by atoms with Crippen molar-refractivity contribution >= 4 is 55.8 Å². The molecular weight excluding hydrogens is 475 g/mol. The van der Waals surface area contributed by atoms with Crippen LogP contribution < -0.4 is 5.32 Å². The van der Waals surface area contributed by atoms with Gasteiger partial charge in [0.1, 0.15) is 6.04 Å². The van der Waals surface area contributed by atoms with Crippen LogP contribution in [-0.4, -0.2) is 31.2 Å². The average molecular weight is 491 g/mol. The van der Waals surface area contributed by atoms with E-state index in [0.717, 1.165) is 3.57 Å². The average Bonchev–Trinajstić information content (AvgIpc) is 3.08. The topological polar surface area (TPSA) is 66.5 Å². The van der Waals surface area contributed by atoms with E-state index in [0.29, 0.717) is 30.1 Å². The zero-order valence-corrected chi connectivity index (χ0v) is 16.9. The van der Waals surface area contributed by atoms with E-state index >= 15 is 0 Å². The second-order valence-corrected chi connectivity index (χ2v) is 9.19. The Hall–Kier alpha value is -1.16. The number of carbonyl (C=O) groups is 1. The zero-order chi connectivity index (χ0) is 18.0. The summed E-state index contributed by atoms with van der Waals surface area (Å²) < 4.78 is 27.9. The number of para-hydroxylation sites is 1. The monoisotopic (exact) mass is 490 g/mol. The summed E-state index contributed by atoms with van der Waals surface area (Å²) in [7, 11) is -3.74. The number of hydrogen-bond acceptors (Lipinski definition) is 3. The molecule has 5 nitrogen and oxygen atoms in total. The zero-order valence-electron chi connectivity index (χ0n) is 13.2. The highest BCUT2D eigenvalue weighted by Crippen LogP contribution is 2.28. The molecule has 1 heterocycles. The van der Waals surface area contributed by atoms with E-state index in [1.54, 1.807) is 6.07 Å². The lowest BCUT2D eigenvalue weighted by Crippen LogP contribution is -2.43. The Bertz CT molecular complexity index is 887. The molecule has 1 amide bonds. The van der Waals surface area contributed by atoms with Gasteiger partial charge in [-0.15, -0.1) is 0 Å². The maximum absolute atomic E-state index is 12.9. The van der Waals surface area contributed by atoms with Crippen molar-refractivity contribution in [2.45, 2.75) is 23.8 Å². The third-order valence-corrected chi connectivity index (χ3v) is 7.17. The van der Waals surface area contributed by atoms with Gasteiger partial charge in [-0.05, 0) is 71.8 Å². The standard InChI is InChI=1S/C17H16ClIN2O3S/c18-12-7-9-13(10-8-12)25(23,24)21-11-3-6-16(21)17(22)20-15-5-2-1-4-14(15)19/h1-2,4-5,7-10,16H,3,6,11H2,(H,20,22)/t16-/m1/s1. The van der Waals surface area contributed by atoms with Crippen molar-refractivity contribution < 1.29 is 13.2 Å². The van der Waals surface area contributed by atoms with Crippen molar-refractivity contribution in [3.05, 3.63) is 57.1 Å². The van der Waals surface area contributed by atoms with Crippen LogP contribution in [0.25, 0.3) is 0 Å². The third-order valence-electron chi connectivity index (χ3n) is 4.06. The van der Waals surface area contributed by atoms with Crippen LogP contribution >= 0.6 is 34.2 Å². The van der Waals surface area contributed by atoms with Crippen molar-refractivity contribution in [3.63, 3.8) is 0 Å². The Balaban J connectivity index is 1.83. The Kier molecular flexibility index (Phi) is 5.67. The van der Waals surface area contributed by atoms with Gasteiger partial charge in [-0.3, -0.25) is 4.79 Å². The predicted molar refractivity (Wildman–Crippen MR) is 106 cm³/mol. The number of carbonyl (C=O) groups excluding carboxylic acids is 1. The first-order chi connectivity index (χ1) is 11.9. The maximum atomic E-state index is 12.9. The van der Waals surface area contributed by atoms with E-state index in [1.807, 2.05) is 18.2 Å². The van der Waals surface area contributed by atoms with Crippen LogP contribution in [0.1, 0.15) is 12.8 Å². The van der Waals surface area contributed by atoms with Gasteiger partial charge in [0.05, 0.1) is 10.6 Å². The van der Waals surface area contributed by atoms with Crippen LogP contribution in [-0.2, 0) is 14.8 Å². The first-order valence-corrected chi connectivity index (χ1v) is 10.6. The fourth-order valence-corrected chi connectivity index (χ4v) is 5.12. The largest absolute Gasteiger partial charge is 0.324 e. The van der Waals surface area contributed by atoms with Crippen LogP contribution in [0.15, 0.2) is 53.4 Å². The molecule has 1 atom stereocenters. The van der Waals surface area contributed by atoms with Crippen molar-refractivity contribution in [2.75, 3.05) is 11.9 Å². The van der Waals surface area contributed by atoms with Gasteiger partial charge in [-0.2, -0.15) is 4.31 Å². The fourth-order valence-electron chi connectivity index (χ4n) is 2.81. The Labute approximate surface area is 165 Å². The Morgan fingerprint density at radius 1 is 1.16 bits per heavy atom. The minimum Gasteiger partial charge on any atom is -0.324 e. The third kappa shape index (κ3) is 3.99. The van der Waals surface area contributed by atoms with E-state index in [4.69, 9.17) is 11.6 Å². The van der Waals surface area contributed by atoms with Gasteiger partial charge in [-0.1, -0.05) is 23.7 Å². The van der Waals surface area contributed by atoms with E-state index in [-0.39, 0.29) is 10.8 Å². The van der Waals surface area contributed by atoms with E-state index in [2.05, 4.69) is 27.9 Å². The first-order valence-electron chi connectivity index (χ1n) is 7.72. The maximum Gasteiger partial charge on any atom is 0.243 e. The summed E-state index contributed by atoms with van der Waals surface area (Å²) >= 11 is 7.96. The number of nitrogens with zero attached hydrogens (tertiary/aromatic N) is 1. The number of hydrogen-bond donors (Lipinski definition) is 1. The molecule has 1 aliphatic rings. The second kappa shape index (κ2) is 7.61. The number of anilines is 1. The summed E-state index contributed by atoms with van der Waals surface area (Å²) in [6.07, 6.45) is 1.15. The highest BCUT2D eigenvalue weighted by atomic mass is 127. The molecule has 0 saturated carbocycles. The number of halogens is 2. The molecular formula is C17H16ClIN2O3S. The number of rotatable bonds is 4. The minimum atomic E-state index is -3.74. The number of benzene rings is 2. The lowest BCUT2D eigenvalue weighted by Gasteiger charge is -2.23. The summed E-state index contributed by atoms with van der Waals surface area (Å²) in [5.74, 6) is -0.306. The fraction of sp³-hybridized carbons (Fsp3) is 0.235. The molecule has 0 spiro atoms. The quantitative estimate of drug-likeness (QED) is 0.664. The lowest BCUT2D eigenvalue weighted by atomic mass is 10.2. The summed E-state index contributed by atoms with van der Waals surface area (Å²) in [6.45, 7) is 0.328. The van der Waals surface area contributed by atoms with Gasteiger partial charge in [0.15, 0.2) is 0 Å². The SMILES string of the molecule is O=C(Nc1ccccc1I)[C@H]1CCCN1S(=O)(=O)c1ccc(Cl)cc1. The van der Waals surface area contributed by atoms with Crippen LogP contribution in [0.3, 0.4) is 0 Å². The van der Waals surface area contributed by atoms with Crippen molar-refractivity contribution in [1.29, 1.82) is 0 Å². The van der Waals surface area contributed by atoms with E-state index in [1.165, 1.54) is 28.6 Å². The number of sulfonamides is 1. The second-order valence-electron chi connectivity index (χ2n) is 5.70. The molecule has 1 fully saturated rings. The van der Waals surface area contributed by atoms with Crippen LogP contribution in [0.5, 0.6) is 0 Å². The molecule has 1 aliphatic heterocycles. The molecule has 3 rings (SSSR count). The number of nitrogens with one attached hydrogen (secondary N) is 1. The molecule has 0 radical (unpaired) electrons. The normalized spacial score (nSPS) is 18.2. The van der Waals surface area contributed by atoms with Crippen LogP contribution in [0.2, 0.25) is 5.02 Å². The molecule has 0 aliphatic carbocycles. The van der Waals surface area contributed by atoms with Crippen molar-refractivity contribution in [2.24, 2.45) is 0 Å². The minimum absolute atomic E-state index is 0.144. The van der Waals surface area contributed by atoms with Gasteiger partial charge in [0, 0.05) is 15.1 Å². The smallest absolute Gasteiger partial charge is 0.243 e. The van der Waals surface area contributed by atoms with Gasteiger partial charge >= 0.3 is 0 Å². The van der Waals surface area contributed by atoms with E-state index < -0.39 is 16.1 Å². The van der Waals surface area contributed by atoms with Crippen molar-refractivity contribution in [3.8, 4) is 0 Å². The summed E-state index contributed by atoms with van der Waals surface area (Å²) in [5.41, 5.74) is 0.684. The van der Waals surface area contributed by atoms with Crippen LogP contribution in [0, 0.1) is 3.57 Å². The number of amides is 1. The first kappa shape index (κ1) is 18.6. The Morgan fingerprint density at radius 3 is 2.52 bits per heavy atom.